The Bertz CT molecular complexity index is 1830. The van der Waals surface area contributed by atoms with E-state index in [9.17, 15) is 13.2 Å². The van der Waals surface area contributed by atoms with E-state index < -0.39 is 15.9 Å². The molecule has 0 spiro atoms. The number of methoxy groups -OCH3 is 1. The molecule has 0 saturated carbocycles. The Morgan fingerprint density at radius 2 is 1.95 bits per heavy atom. The molecular weight excluding hydrogens is 526 g/mol. The van der Waals surface area contributed by atoms with E-state index >= 15 is 0 Å². The highest BCUT2D eigenvalue weighted by Crippen LogP contribution is 2.42. The molecule has 38 heavy (non-hydrogen) atoms. The van der Waals surface area contributed by atoms with Crippen LogP contribution in [0.25, 0.3) is 31.9 Å². The van der Waals surface area contributed by atoms with Crippen LogP contribution in [0.4, 0.5) is 5.69 Å². The van der Waals surface area contributed by atoms with Gasteiger partial charge in [0.05, 0.1) is 40.7 Å². The van der Waals surface area contributed by atoms with Gasteiger partial charge in [0.15, 0.2) is 0 Å². The quantitative estimate of drug-likeness (QED) is 0.325. The molecule has 192 valence electrons. The van der Waals surface area contributed by atoms with Crippen LogP contribution in [0.3, 0.4) is 0 Å². The molecular formula is C25H21N7O4S2. The van der Waals surface area contributed by atoms with E-state index in [2.05, 4.69) is 30.1 Å². The predicted molar refractivity (Wildman–Crippen MR) is 143 cm³/mol. The maximum Gasteiger partial charge on any atom is 0.262 e. The zero-order valence-electron chi connectivity index (χ0n) is 20.3. The minimum absolute atomic E-state index is 0.0646. The second-order valence-corrected chi connectivity index (χ2v) is 11.3. The summed E-state index contributed by atoms with van der Waals surface area (Å²) in [5.41, 5.74) is 4.35. The summed E-state index contributed by atoms with van der Waals surface area (Å²) in [6.07, 6.45) is 6.76. The van der Waals surface area contributed by atoms with E-state index in [-0.39, 0.29) is 22.0 Å². The Labute approximate surface area is 221 Å². The van der Waals surface area contributed by atoms with Gasteiger partial charge in [0.25, 0.3) is 15.9 Å². The molecule has 5 aromatic rings. The summed E-state index contributed by atoms with van der Waals surface area (Å²) in [4.78, 5) is 27.0. The minimum atomic E-state index is -4.07. The number of benzene rings is 1. The highest BCUT2D eigenvalue weighted by atomic mass is 32.2. The highest BCUT2D eigenvalue weighted by Gasteiger charge is 2.22. The van der Waals surface area contributed by atoms with Gasteiger partial charge in [-0.2, -0.15) is 5.10 Å². The van der Waals surface area contributed by atoms with Crippen molar-refractivity contribution in [3.8, 4) is 27.6 Å². The normalized spacial score (nSPS) is 14.7. The van der Waals surface area contributed by atoms with Crippen LogP contribution in [0.2, 0.25) is 0 Å². The van der Waals surface area contributed by atoms with Crippen LogP contribution in [-0.2, 0) is 16.6 Å². The van der Waals surface area contributed by atoms with Crippen molar-refractivity contribution in [3.05, 3.63) is 66.4 Å². The molecule has 11 nitrogen and oxygen atoms in total. The van der Waals surface area contributed by atoms with Gasteiger partial charge in [-0.15, -0.1) is 11.3 Å². The lowest BCUT2D eigenvalue weighted by Gasteiger charge is -2.13. The van der Waals surface area contributed by atoms with Crippen LogP contribution in [0.1, 0.15) is 15.9 Å². The van der Waals surface area contributed by atoms with Gasteiger partial charge in [0.2, 0.25) is 5.88 Å². The number of pyridine rings is 1. The van der Waals surface area contributed by atoms with Crippen LogP contribution in [0, 0.1) is 6.92 Å². The molecule has 1 aromatic carbocycles. The Morgan fingerprint density at radius 3 is 2.79 bits per heavy atom. The minimum Gasteiger partial charge on any atom is -0.480 e. The molecule has 0 fully saturated rings. The smallest absolute Gasteiger partial charge is 0.262 e. The topological polar surface area (TPSA) is 141 Å². The van der Waals surface area contributed by atoms with Gasteiger partial charge in [0.1, 0.15) is 12.0 Å². The molecule has 2 N–H and O–H groups in total. The Morgan fingerprint density at radius 1 is 1.08 bits per heavy atom. The van der Waals surface area contributed by atoms with E-state index in [0.717, 1.165) is 31.9 Å². The second-order valence-electron chi connectivity index (χ2n) is 8.62. The van der Waals surface area contributed by atoms with Gasteiger partial charge in [-0.1, -0.05) is 6.07 Å². The largest absolute Gasteiger partial charge is 0.480 e. The molecule has 8 bridgehead atoms. The lowest BCUT2D eigenvalue weighted by atomic mass is 10.1. The summed E-state index contributed by atoms with van der Waals surface area (Å²) in [7, 11) is -2.65. The number of hydrogen-bond acceptors (Lipinski definition) is 9. The van der Waals surface area contributed by atoms with E-state index in [1.165, 1.54) is 43.0 Å². The van der Waals surface area contributed by atoms with Crippen LogP contribution in [0.5, 0.6) is 5.88 Å². The molecule has 0 unspecified atom stereocenters. The third-order valence-electron chi connectivity index (χ3n) is 6.19. The van der Waals surface area contributed by atoms with Crippen molar-refractivity contribution in [2.24, 2.45) is 0 Å². The molecule has 0 saturated heterocycles. The van der Waals surface area contributed by atoms with E-state index in [0.29, 0.717) is 18.7 Å². The van der Waals surface area contributed by atoms with Crippen LogP contribution in [-0.4, -0.2) is 52.7 Å². The zero-order valence-corrected chi connectivity index (χ0v) is 21.9. The molecule has 0 atom stereocenters. The number of anilines is 1. The van der Waals surface area contributed by atoms with Crippen molar-refractivity contribution in [1.82, 2.24) is 30.0 Å². The number of amides is 1. The number of aromatic nitrogens is 5. The maximum absolute atomic E-state index is 13.3. The van der Waals surface area contributed by atoms with Crippen LogP contribution < -0.4 is 14.8 Å². The van der Waals surface area contributed by atoms with Crippen molar-refractivity contribution in [2.45, 2.75) is 18.4 Å². The van der Waals surface area contributed by atoms with Gasteiger partial charge in [-0.05, 0) is 36.8 Å². The molecule has 6 rings (SSSR count). The van der Waals surface area contributed by atoms with Gasteiger partial charge >= 0.3 is 0 Å². The predicted octanol–water partition coefficient (Wildman–Crippen LogP) is 3.48. The van der Waals surface area contributed by atoms with Gasteiger partial charge in [-0.25, -0.2) is 23.4 Å². The number of hydrogen-bond donors (Lipinski definition) is 2. The van der Waals surface area contributed by atoms with Crippen LogP contribution in [0.15, 0.2) is 60.1 Å². The standard InChI is InChI=1S/C25H21N7O4S2/c1-14-20-23-21(29-13-28-20)17-11-30-32(12-17)7-6-26-24(33)15-4-3-5-18(8-15)38(34,35)31-19-9-16(22(14)37-23)10-27-25(19)36-2/h3-5,8-13,31H,6-7H2,1-2H3,(H,26,33). The summed E-state index contributed by atoms with van der Waals surface area (Å²) in [6.45, 7) is 2.68. The highest BCUT2D eigenvalue weighted by molar-refractivity contribution is 7.92. The summed E-state index contributed by atoms with van der Waals surface area (Å²) >= 11 is 1.49. The summed E-state index contributed by atoms with van der Waals surface area (Å²) < 4.78 is 37.2. The summed E-state index contributed by atoms with van der Waals surface area (Å²) in [5, 5.41) is 7.24. The average molecular weight is 548 g/mol. The van der Waals surface area contributed by atoms with Crippen molar-refractivity contribution >= 4 is 43.2 Å². The number of sulfonamides is 1. The van der Waals surface area contributed by atoms with Crippen LogP contribution >= 0.6 is 11.3 Å². The number of nitrogens with one attached hydrogen (secondary N) is 2. The third kappa shape index (κ3) is 4.15. The SMILES string of the molecule is COc1ncc2cc1NS(=O)(=O)c1cccc(c1)C(=O)NCCn1cc(cn1)-c1ncnc3c(C)c-2sc13. The monoisotopic (exact) mass is 547 g/mol. The molecule has 4 aromatic heterocycles. The van der Waals surface area contributed by atoms with Crippen molar-refractivity contribution in [2.75, 3.05) is 18.4 Å². The first-order valence-electron chi connectivity index (χ1n) is 11.6. The number of carbonyl (C=O) groups is 1. The van der Waals surface area contributed by atoms with Gasteiger partial charge < -0.3 is 10.1 Å². The first-order chi connectivity index (χ1) is 18.3. The van der Waals surface area contributed by atoms with Gasteiger partial charge in [-0.3, -0.25) is 14.2 Å². The summed E-state index contributed by atoms with van der Waals surface area (Å²) in [5.74, 6) is -0.281. The molecule has 5 heterocycles. The second kappa shape index (κ2) is 9.19. The summed E-state index contributed by atoms with van der Waals surface area (Å²) in [6, 6.07) is 7.51. The Hall–Kier alpha value is -4.36. The lowest BCUT2D eigenvalue weighted by molar-refractivity contribution is 0.0951. The van der Waals surface area contributed by atoms with Crippen molar-refractivity contribution < 1.29 is 17.9 Å². The fourth-order valence-corrected chi connectivity index (χ4v) is 6.67. The molecule has 13 heteroatoms. The molecule has 0 radical (unpaired) electrons. The third-order valence-corrected chi connectivity index (χ3v) is 8.89. The average Bonchev–Trinajstić information content (AvgIpc) is 3.52. The molecule has 1 aliphatic heterocycles. The Kier molecular flexibility index (Phi) is 5.80. The van der Waals surface area contributed by atoms with E-state index in [1.54, 1.807) is 29.2 Å². The fraction of sp³-hybridized carbons (Fsp3) is 0.160. The Balaban J connectivity index is 1.56. The fourth-order valence-electron chi connectivity index (χ4n) is 4.32. The van der Waals surface area contributed by atoms with Crippen molar-refractivity contribution in [3.63, 3.8) is 0 Å². The number of fused-ring (bicyclic) bond motifs is 9. The molecule has 1 aliphatic rings. The number of nitrogens with zero attached hydrogens (tertiary/aromatic N) is 5. The lowest BCUT2D eigenvalue weighted by Crippen LogP contribution is -2.27. The van der Waals surface area contributed by atoms with Gasteiger partial charge in [0, 0.05) is 40.5 Å². The molecule has 1 amide bonds. The number of thiophene rings is 1. The van der Waals surface area contributed by atoms with E-state index in [1.807, 2.05) is 13.1 Å². The number of carbonyl (C=O) groups excluding carboxylic acids is 1. The molecule has 0 aliphatic carbocycles. The maximum atomic E-state index is 13.3. The first kappa shape index (κ1) is 24.0. The zero-order chi connectivity index (χ0) is 26.4. The number of rotatable bonds is 1. The number of ether oxygens (including phenoxy) is 1. The first-order valence-corrected chi connectivity index (χ1v) is 13.9. The number of aryl methyl sites for hydroxylation is 1. The van der Waals surface area contributed by atoms with Crippen molar-refractivity contribution in [1.29, 1.82) is 0 Å². The van der Waals surface area contributed by atoms with E-state index in [4.69, 9.17) is 4.74 Å².